The molecule has 0 fully saturated rings. The van der Waals surface area contributed by atoms with Crippen LogP contribution in [-0.4, -0.2) is 14.4 Å². The van der Waals surface area contributed by atoms with Crippen molar-refractivity contribution in [2.24, 2.45) is 0 Å². The normalized spacial score (nSPS) is 11.1. The zero-order valence-corrected chi connectivity index (χ0v) is 17.6. The molecule has 5 nitrogen and oxygen atoms in total. The highest BCUT2D eigenvalue weighted by atomic mass is 35.5. The highest BCUT2D eigenvalue weighted by molar-refractivity contribution is 7.90. The molecule has 0 aromatic heterocycles. The van der Waals surface area contributed by atoms with Gasteiger partial charge in [0.05, 0.1) is 10.6 Å². The Hall–Kier alpha value is -2.83. The van der Waals surface area contributed by atoms with Crippen molar-refractivity contribution >= 4 is 38.8 Å². The Labute approximate surface area is 175 Å². The van der Waals surface area contributed by atoms with Gasteiger partial charge in [0.1, 0.15) is 0 Å². The minimum Gasteiger partial charge on any atom is -0.308 e. The van der Waals surface area contributed by atoms with Crippen LogP contribution in [0.15, 0.2) is 71.6 Å². The van der Waals surface area contributed by atoms with Gasteiger partial charge in [0, 0.05) is 16.4 Å². The summed E-state index contributed by atoms with van der Waals surface area (Å²) in [5.41, 5.74) is 3.85. The van der Waals surface area contributed by atoms with Crippen molar-refractivity contribution in [3.63, 3.8) is 0 Å². The smallest absolute Gasteiger partial charge is 0.308 e. The molecule has 3 aromatic carbocycles. The van der Waals surface area contributed by atoms with E-state index in [9.17, 15) is 13.2 Å². The minimum atomic E-state index is -3.49. The van der Waals surface area contributed by atoms with Crippen LogP contribution in [-0.2, 0) is 15.6 Å². The molecule has 0 spiro atoms. The molecule has 0 heterocycles. The summed E-state index contributed by atoms with van der Waals surface area (Å²) in [5.74, 6) is -0.0719. The lowest BCUT2D eigenvalue weighted by atomic mass is 10.1. The number of urea groups is 1. The van der Waals surface area contributed by atoms with E-state index < -0.39 is 15.9 Å². The van der Waals surface area contributed by atoms with Crippen molar-refractivity contribution in [2.75, 3.05) is 10.6 Å². The highest BCUT2D eigenvalue weighted by Crippen LogP contribution is 2.21. The van der Waals surface area contributed by atoms with Crippen molar-refractivity contribution in [3.8, 4) is 0 Å². The molecule has 0 unspecified atom stereocenters. The van der Waals surface area contributed by atoms with Gasteiger partial charge in [-0.2, -0.15) is 0 Å². The van der Waals surface area contributed by atoms with Gasteiger partial charge < -0.3 is 10.6 Å². The van der Waals surface area contributed by atoms with Gasteiger partial charge in [-0.15, -0.1) is 0 Å². The van der Waals surface area contributed by atoms with E-state index >= 15 is 0 Å². The van der Waals surface area contributed by atoms with Crippen LogP contribution < -0.4 is 10.6 Å². The third-order valence-electron chi connectivity index (χ3n) is 4.19. The standard InChI is InChI=1S/C22H21ClN2O3S/c1-15-10-16(2)12-17(11-15)14-29(27,28)21-8-6-19(7-9-21)24-22(26)25-20-5-3-4-18(23)13-20/h3-13H,14H2,1-2H3,(H2,24,25,26). The fourth-order valence-corrected chi connectivity index (χ4v) is 4.57. The van der Waals surface area contributed by atoms with Crippen LogP contribution >= 0.6 is 11.6 Å². The van der Waals surface area contributed by atoms with E-state index in [0.29, 0.717) is 16.4 Å². The van der Waals surface area contributed by atoms with E-state index in [1.165, 1.54) is 12.1 Å². The SMILES string of the molecule is Cc1cc(C)cc(CS(=O)(=O)c2ccc(NC(=O)Nc3cccc(Cl)c3)cc2)c1. The molecule has 150 valence electrons. The number of carbonyl (C=O) groups excluding carboxylic acids is 1. The van der Waals surface area contributed by atoms with Crippen LogP contribution in [0.2, 0.25) is 5.02 Å². The molecule has 29 heavy (non-hydrogen) atoms. The third-order valence-corrected chi connectivity index (χ3v) is 6.13. The first kappa shape index (κ1) is 20.9. The summed E-state index contributed by atoms with van der Waals surface area (Å²) in [4.78, 5) is 12.3. The lowest BCUT2D eigenvalue weighted by Gasteiger charge is -2.10. The van der Waals surface area contributed by atoms with E-state index in [0.717, 1.165) is 16.7 Å². The van der Waals surface area contributed by atoms with Gasteiger partial charge in [0.15, 0.2) is 9.84 Å². The summed E-state index contributed by atoms with van der Waals surface area (Å²) in [5, 5.41) is 5.85. The van der Waals surface area contributed by atoms with Crippen molar-refractivity contribution in [2.45, 2.75) is 24.5 Å². The van der Waals surface area contributed by atoms with Crippen LogP contribution in [0.3, 0.4) is 0 Å². The van der Waals surface area contributed by atoms with Gasteiger partial charge in [-0.05, 0) is 61.9 Å². The lowest BCUT2D eigenvalue weighted by molar-refractivity contribution is 0.262. The van der Waals surface area contributed by atoms with Gasteiger partial charge in [0.2, 0.25) is 0 Å². The van der Waals surface area contributed by atoms with E-state index in [1.807, 2.05) is 32.0 Å². The van der Waals surface area contributed by atoms with Crippen LogP contribution in [0.5, 0.6) is 0 Å². The van der Waals surface area contributed by atoms with Gasteiger partial charge in [0.25, 0.3) is 0 Å². The monoisotopic (exact) mass is 428 g/mol. The van der Waals surface area contributed by atoms with Gasteiger partial charge in [-0.3, -0.25) is 0 Å². The second-order valence-corrected chi connectivity index (χ2v) is 9.29. The van der Waals surface area contributed by atoms with Crippen LogP contribution in [0, 0.1) is 13.8 Å². The van der Waals surface area contributed by atoms with Gasteiger partial charge >= 0.3 is 6.03 Å². The topological polar surface area (TPSA) is 75.3 Å². The Balaban J connectivity index is 1.67. The average molecular weight is 429 g/mol. The van der Waals surface area contributed by atoms with Crippen molar-refractivity contribution in [3.05, 3.63) is 88.4 Å². The molecule has 3 rings (SSSR count). The number of hydrogen-bond acceptors (Lipinski definition) is 3. The van der Waals surface area contributed by atoms with E-state index in [1.54, 1.807) is 36.4 Å². The predicted octanol–water partition coefficient (Wildman–Crippen LogP) is 5.57. The first-order valence-corrected chi connectivity index (χ1v) is 11.0. The Morgan fingerprint density at radius 2 is 1.48 bits per heavy atom. The first-order chi connectivity index (χ1) is 13.7. The molecule has 0 aliphatic heterocycles. The highest BCUT2D eigenvalue weighted by Gasteiger charge is 2.16. The summed E-state index contributed by atoms with van der Waals surface area (Å²) in [6.07, 6.45) is 0. The van der Waals surface area contributed by atoms with Gasteiger partial charge in [-0.1, -0.05) is 47.0 Å². The number of halogens is 1. The summed E-state index contributed by atoms with van der Waals surface area (Å²) in [6.45, 7) is 3.88. The molecule has 0 atom stereocenters. The molecule has 7 heteroatoms. The van der Waals surface area contributed by atoms with Crippen molar-refractivity contribution in [1.29, 1.82) is 0 Å². The van der Waals surface area contributed by atoms with E-state index in [2.05, 4.69) is 10.6 Å². The molecule has 0 bridgehead atoms. The van der Waals surface area contributed by atoms with Crippen LogP contribution in [0.25, 0.3) is 0 Å². The molecular weight excluding hydrogens is 408 g/mol. The molecule has 0 aliphatic rings. The number of rotatable bonds is 5. The predicted molar refractivity (Wildman–Crippen MR) is 117 cm³/mol. The Morgan fingerprint density at radius 3 is 2.10 bits per heavy atom. The molecule has 2 amide bonds. The summed E-state index contributed by atoms with van der Waals surface area (Å²) >= 11 is 5.90. The number of carbonyl (C=O) groups is 1. The largest absolute Gasteiger partial charge is 0.323 e. The fraction of sp³-hybridized carbons (Fsp3) is 0.136. The van der Waals surface area contributed by atoms with Crippen molar-refractivity contribution < 1.29 is 13.2 Å². The zero-order chi connectivity index (χ0) is 21.0. The van der Waals surface area contributed by atoms with E-state index in [4.69, 9.17) is 11.6 Å². The number of nitrogens with one attached hydrogen (secondary N) is 2. The number of hydrogen-bond donors (Lipinski definition) is 2. The molecule has 0 radical (unpaired) electrons. The maximum absolute atomic E-state index is 12.7. The molecule has 2 N–H and O–H groups in total. The number of anilines is 2. The van der Waals surface area contributed by atoms with Crippen molar-refractivity contribution in [1.82, 2.24) is 0 Å². The van der Waals surface area contributed by atoms with Crippen LogP contribution in [0.1, 0.15) is 16.7 Å². The summed E-state index contributed by atoms with van der Waals surface area (Å²) in [7, 11) is -3.49. The van der Waals surface area contributed by atoms with Crippen LogP contribution in [0.4, 0.5) is 16.2 Å². The molecule has 0 aliphatic carbocycles. The minimum absolute atomic E-state index is 0.0719. The molecule has 0 saturated heterocycles. The lowest BCUT2D eigenvalue weighted by Crippen LogP contribution is -2.19. The average Bonchev–Trinajstić information content (AvgIpc) is 2.60. The number of aryl methyl sites for hydroxylation is 2. The Kier molecular flexibility index (Phi) is 6.25. The maximum Gasteiger partial charge on any atom is 0.323 e. The van der Waals surface area contributed by atoms with Gasteiger partial charge in [-0.25, -0.2) is 13.2 Å². The first-order valence-electron chi connectivity index (χ1n) is 8.95. The third kappa shape index (κ3) is 5.82. The Morgan fingerprint density at radius 1 is 0.862 bits per heavy atom. The molecule has 3 aromatic rings. The second kappa shape index (κ2) is 8.68. The number of sulfone groups is 1. The number of benzene rings is 3. The molecular formula is C22H21ClN2O3S. The Bertz CT molecular complexity index is 1120. The second-order valence-electron chi connectivity index (χ2n) is 6.87. The zero-order valence-electron chi connectivity index (χ0n) is 16.1. The molecule has 0 saturated carbocycles. The quantitative estimate of drug-likeness (QED) is 0.557. The maximum atomic E-state index is 12.7. The number of amides is 2. The summed E-state index contributed by atoms with van der Waals surface area (Å²) < 4.78 is 25.4. The van der Waals surface area contributed by atoms with E-state index in [-0.39, 0.29) is 10.6 Å². The fourth-order valence-electron chi connectivity index (χ4n) is 3.06. The summed E-state index contributed by atoms with van der Waals surface area (Å²) in [6, 6.07) is 18.2.